The van der Waals surface area contributed by atoms with Crippen molar-refractivity contribution < 1.29 is 14.2 Å². The quantitative estimate of drug-likeness (QED) is 0.783. The maximum absolute atomic E-state index is 6.06. The Morgan fingerprint density at radius 1 is 0.857 bits per heavy atom. The summed E-state index contributed by atoms with van der Waals surface area (Å²) < 4.78 is 17.1. The molecule has 0 N–H and O–H groups in total. The van der Waals surface area contributed by atoms with E-state index in [9.17, 15) is 0 Å². The second-order valence-corrected chi connectivity index (χ2v) is 5.35. The fraction of sp³-hybridized carbons (Fsp3) is 0.333. The molecule has 0 aliphatic carbocycles. The summed E-state index contributed by atoms with van der Waals surface area (Å²) in [5.74, 6) is 3.01. The summed E-state index contributed by atoms with van der Waals surface area (Å²) in [6.45, 7) is 8.04. The van der Waals surface area contributed by atoms with Crippen LogP contribution in [0, 0.1) is 13.8 Å². The van der Waals surface area contributed by atoms with Crippen molar-refractivity contribution >= 4 is 0 Å². The summed E-state index contributed by atoms with van der Waals surface area (Å²) in [6, 6.07) is 11.7. The molecule has 2 rings (SSSR count). The Balaban J connectivity index is 2.36. The van der Waals surface area contributed by atoms with Gasteiger partial charge in [0.15, 0.2) is 11.5 Å². The average molecular weight is 286 g/mol. The zero-order valence-corrected chi connectivity index (χ0v) is 13.3. The smallest absolute Gasteiger partial charge is 0.169 e. The minimum absolute atomic E-state index is 0.0986. The molecule has 3 nitrogen and oxygen atoms in total. The van der Waals surface area contributed by atoms with E-state index < -0.39 is 0 Å². The van der Waals surface area contributed by atoms with Crippen LogP contribution < -0.4 is 14.2 Å². The predicted octanol–water partition coefficient (Wildman–Crippen LogP) is 4.89. The molecule has 0 saturated carbocycles. The molecule has 0 atom stereocenters. The zero-order chi connectivity index (χ0) is 15.4. The van der Waals surface area contributed by atoms with E-state index in [2.05, 4.69) is 0 Å². The first-order valence-electron chi connectivity index (χ1n) is 7.09. The maximum Gasteiger partial charge on any atom is 0.169 e. The van der Waals surface area contributed by atoms with Gasteiger partial charge < -0.3 is 14.2 Å². The van der Waals surface area contributed by atoms with E-state index in [-0.39, 0.29) is 6.10 Å². The van der Waals surface area contributed by atoms with Crippen molar-refractivity contribution in [2.75, 3.05) is 7.11 Å². The van der Waals surface area contributed by atoms with E-state index in [0.717, 1.165) is 34.1 Å². The third-order valence-corrected chi connectivity index (χ3v) is 3.08. The van der Waals surface area contributed by atoms with Crippen LogP contribution in [0.5, 0.6) is 23.0 Å². The maximum atomic E-state index is 6.06. The lowest BCUT2D eigenvalue weighted by atomic mass is 10.2. The normalized spacial score (nSPS) is 10.6. The molecule has 0 aromatic heterocycles. The molecule has 0 unspecified atom stereocenters. The van der Waals surface area contributed by atoms with E-state index in [4.69, 9.17) is 14.2 Å². The lowest BCUT2D eigenvalue weighted by Crippen LogP contribution is -2.06. The minimum atomic E-state index is 0.0986. The summed E-state index contributed by atoms with van der Waals surface area (Å²) in [6.07, 6.45) is 0.0986. The molecule has 0 amide bonds. The van der Waals surface area contributed by atoms with Crippen molar-refractivity contribution in [3.8, 4) is 23.0 Å². The molecule has 0 aliphatic heterocycles. The molecule has 21 heavy (non-hydrogen) atoms. The van der Waals surface area contributed by atoms with E-state index >= 15 is 0 Å². The number of rotatable bonds is 5. The van der Waals surface area contributed by atoms with Crippen LogP contribution in [-0.2, 0) is 0 Å². The van der Waals surface area contributed by atoms with Crippen LogP contribution in [0.1, 0.15) is 25.0 Å². The molecule has 0 bridgehead atoms. The molecule has 0 aliphatic rings. The van der Waals surface area contributed by atoms with Crippen LogP contribution in [-0.4, -0.2) is 13.2 Å². The standard InChI is InChI=1S/C18H22O3/c1-12(2)20-16-9-6-13(3)10-18(16)21-17-11-15(19-5)8-7-14(17)4/h6-12H,1-5H3. The van der Waals surface area contributed by atoms with Crippen molar-refractivity contribution in [3.63, 3.8) is 0 Å². The molecule has 2 aromatic rings. The first-order chi connectivity index (χ1) is 9.99. The van der Waals surface area contributed by atoms with Crippen molar-refractivity contribution in [2.24, 2.45) is 0 Å². The number of methoxy groups -OCH3 is 1. The van der Waals surface area contributed by atoms with Crippen molar-refractivity contribution in [2.45, 2.75) is 33.8 Å². The Morgan fingerprint density at radius 3 is 2.29 bits per heavy atom. The van der Waals surface area contributed by atoms with E-state index in [1.807, 2.05) is 64.1 Å². The molecule has 0 saturated heterocycles. The van der Waals surface area contributed by atoms with Crippen molar-refractivity contribution in [1.82, 2.24) is 0 Å². The Labute approximate surface area is 126 Å². The number of ether oxygens (including phenoxy) is 3. The van der Waals surface area contributed by atoms with Crippen molar-refractivity contribution in [3.05, 3.63) is 47.5 Å². The Morgan fingerprint density at radius 2 is 1.62 bits per heavy atom. The highest BCUT2D eigenvalue weighted by Crippen LogP contribution is 2.35. The zero-order valence-electron chi connectivity index (χ0n) is 13.3. The number of benzene rings is 2. The number of aryl methyl sites for hydroxylation is 2. The van der Waals surface area contributed by atoms with Gasteiger partial charge in [0.1, 0.15) is 11.5 Å². The van der Waals surface area contributed by atoms with Gasteiger partial charge in [-0.3, -0.25) is 0 Å². The van der Waals surface area contributed by atoms with Gasteiger partial charge in [-0.05, 0) is 57.0 Å². The molecular formula is C18H22O3. The molecule has 112 valence electrons. The molecule has 0 heterocycles. The average Bonchev–Trinajstić information content (AvgIpc) is 2.44. The van der Waals surface area contributed by atoms with Gasteiger partial charge in [0.2, 0.25) is 0 Å². The number of hydrogen-bond donors (Lipinski definition) is 0. The van der Waals surface area contributed by atoms with Crippen molar-refractivity contribution in [1.29, 1.82) is 0 Å². The first kappa shape index (κ1) is 15.2. The van der Waals surface area contributed by atoms with E-state index in [0.29, 0.717) is 0 Å². The van der Waals surface area contributed by atoms with Gasteiger partial charge in [-0.25, -0.2) is 0 Å². The second-order valence-electron chi connectivity index (χ2n) is 5.35. The van der Waals surface area contributed by atoms with Gasteiger partial charge in [0.05, 0.1) is 13.2 Å². The SMILES string of the molecule is COc1ccc(C)c(Oc2cc(C)ccc2OC(C)C)c1. The van der Waals surface area contributed by atoms with Gasteiger partial charge in [0, 0.05) is 6.07 Å². The predicted molar refractivity (Wildman–Crippen MR) is 84.7 cm³/mol. The third kappa shape index (κ3) is 3.91. The van der Waals surface area contributed by atoms with Gasteiger partial charge in [-0.1, -0.05) is 12.1 Å². The molecule has 0 spiro atoms. The Kier molecular flexibility index (Phi) is 4.73. The fourth-order valence-electron chi connectivity index (χ4n) is 1.98. The lowest BCUT2D eigenvalue weighted by Gasteiger charge is -2.16. The minimum Gasteiger partial charge on any atom is -0.497 e. The highest BCUT2D eigenvalue weighted by Gasteiger charge is 2.11. The third-order valence-electron chi connectivity index (χ3n) is 3.08. The summed E-state index contributed by atoms with van der Waals surface area (Å²) >= 11 is 0. The van der Waals surface area contributed by atoms with Gasteiger partial charge in [0.25, 0.3) is 0 Å². The van der Waals surface area contributed by atoms with Gasteiger partial charge in [-0.2, -0.15) is 0 Å². The van der Waals surface area contributed by atoms with Gasteiger partial charge in [-0.15, -0.1) is 0 Å². The van der Waals surface area contributed by atoms with Crippen LogP contribution >= 0.6 is 0 Å². The van der Waals surface area contributed by atoms with Crippen LogP contribution in [0.25, 0.3) is 0 Å². The summed E-state index contributed by atoms with van der Waals surface area (Å²) in [5.41, 5.74) is 2.18. The van der Waals surface area contributed by atoms with Crippen LogP contribution in [0.4, 0.5) is 0 Å². The lowest BCUT2D eigenvalue weighted by molar-refractivity contribution is 0.233. The Hall–Kier alpha value is -2.16. The molecule has 2 aromatic carbocycles. The highest BCUT2D eigenvalue weighted by atomic mass is 16.5. The molecule has 0 fully saturated rings. The molecule has 0 radical (unpaired) electrons. The molecular weight excluding hydrogens is 264 g/mol. The fourth-order valence-corrected chi connectivity index (χ4v) is 1.98. The number of hydrogen-bond acceptors (Lipinski definition) is 3. The van der Waals surface area contributed by atoms with E-state index in [1.165, 1.54) is 0 Å². The van der Waals surface area contributed by atoms with Crippen LogP contribution in [0.2, 0.25) is 0 Å². The van der Waals surface area contributed by atoms with Crippen LogP contribution in [0.3, 0.4) is 0 Å². The monoisotopic (exact) mass is 286 g/mol. The highest BCUT2D eigenvalue weighted by molar-refractivity contribution is 5.48. The summed E-state index contributed by atoms with van der Waals surface area (Å²) in [7, 11) is 1.65. The largest absolute Gasteiger partial charge is 0.497 e. The second kappa shape index (κ2) is 6.53. The van der Waals surface area contributed by atoms with Crippen LogP contribution in [0.15, 0.2) is 36.4 Å². The first-order valence-corrected chi connectivity index (χ1v) is 7.09. The van der Waals surface area contributed by atoms with Gasteiger partial charge >= 0.3 is 0 Å². The van der Waals surface area contributed by atoms with E-state index in [1.54, 1.807) is 7.11 Å². The summed E-state index contributed by atoms with van der Waals surface area (Å²) in [5, 5.41) is 0. The topological polar surface area (TPSA) is 27.7 Å². The Bertz CT molecular complexity index is 618. The summed E-state index contributed by atoms with van der Waals surface area (Å²) in [4.78, 5) is 0. The molecule has 3 heteroatoms.